The van der Waals surface area contributed by atoms with E-state index in [1.165, 1.54) is 0 Å². The van der Waals surface area contributed by atoms with Gasteiger partial charge in [-0.3, -0.25) is 4.90 Å². The first-order chi connectivity index (χ1) is 22.3. The van der Waals surface area contributed by atoms with Crippen molar-refractivity contribution >= 4 is 22.4 Å². The minimum atomic E-state index is -5.12. The number of piperazine rings is 1. The molecule has 254 valence electrons. The molecule has 47 heavy (non-hydrogen) atoms. The second-order valence-corrected chi connectivity index (χ2v) is 12.9. The van der Waals surface area contributed by atoms with Crippen LogP contribution in [0.2, 0.25) is 0 Å². The number of rotatable bonds is 6. The Balaban J connectivity index is 1.45. The van der Waals surface area contributed by atoms with Crippen LogP contribution in [-0.4, -0.2) is 89.2 Å². The highest BCUT2D eigenvalue weighted by Gasteiger charge is 2.50. The van der Waals surface area contributed by atoms with Crippen molar-refractivity contribution in [3.05, 3.63) is 28.8 Å². The van der Waals surface area contributed by atoms with Crippen LogP contribution in [0.15, 0.2) is 6.07 Å². The third kappa shape index (κ3) is 5.18. The maximum absolute atomic E-state index is 16.7. The van der Waals surface area contributed by atoms with Gasteiger partial charge in [0.1, 0.15) is 47.7 Å². The Kier molecular flexibility index (Phi) is 7.81. The van der Waals surface area contributed by atoms with Crippen LogP contribution in [0, 0.1) is 18.6 Å². The third-order valence-corrected chi connectivity index (χ3v) is 10.1. The van der Waals surface area contributed by atoms with Crippen LogP contribution in [0.4, 0.5) is 42.2 Å². The fourth-order valence-electron chi connectivity index (χ4n) is 7.70. The molecular weight excluding hydrogens is 635 g/mol. The highest BCUT2D eigenvalue weighted by molar-refractivity contribution is 5.97. The van der Waals surface area contributed by atoms with Gasteiger partial charge in [0.25, 0.3) is 0 Å². The predicted octanol–water partition coefficient (Wildman–Crippen LogP) is 5.12. The van der Waals surface area contributed by atoms with Gasteiger partial charge in [-0.05, 0) is 44.4 Å². The number of nitrogens with two attached hydrogens (primary N) is 1. The topological polar surface area (TPSA) is 102 Å². The predicted molar refractivity (Wildman–Crippen MR) is 159 cm³/mol. The molecule has 2 aromatic heterocycles. The molecule has 0 spiro atoms. The summed E-state index contributed by atoms with van der Waals surface area (Å²) in [5.41, 5.74) is 0.000389. The monoisotopic (exact) mass is 669 g/mol. The molecule has 3 N–H and O–H groups in total. The van der Waals surface area contributed by atoms with E-state index in [1.807, 2.05) is 11.8 Å². The van der Waals surface area contributed by atoms with Crippen molar-refractivity contribution in [3.63, 3.8) is 0 Å². The van der Waals surface area contributed by atoms with Crippen LogP contribution >= 0.6 is 0 Å². The zero-order valence-electron chi connectivity index (χ0n) is 25.7. The van der Waals surface area contributed by atoms with Crippen LogP contribution in [-0.2, 0) is 6.18 Å². The summed E-state index contributed by atoms with van der Waals surface area (Å²) in [5, 5.41) is 3.27. The van der Waals surface area contributed by atoms with Crippen molar-refractivity contribution in [2.45, 2.75) is 75.6 Å². The molecule has 9 nitrogen and oxygen atoms in total. The van der Waals surface area contributed by atoms with Gasteiger partial charge in [-0.15, -0.1) is 0 Å². The van der Waals surface area contributed by atoms with E-state index in [4.69, 9.17) is 15.2 Å². The minimum absolute atomic E-state index is 0.00285. The van der Waals surface area contributed by atoms with E-state index in [2.05, 4.69) is 20.3 Å². The first-order valence-corrected chi connectivity index (χ1v) is 15.7. The Morgan fingerprint density at radius 2 is 1.96 bits per heavy atom. The Morgan fingerprint density at radius 3 is 2.68 bits per heavy atom. The Morgan fingerprint density at radius 1 is 1.17 bits per heavy atom. The number of nitrogens with zero attached hydrogens (tertiary/aromatic N) is 5. The lowest BCUT2D eigenvalue weighted by molar-refractivity contribution is -0.137. The van der Waals surface area contributed by atoms with Gasteiger partial charge in [0, 0.05) is 37.7 Å². The molecule has 1 unspecified atom stereocenters. The normalized spacial score (nSPS) is 27.5. The maximum atomic E-state index is 16.7. The molecule has 7 rings (SSSR count). The third-order valence-electron chi connectivity index (χ3n) is 10.1. The summed E-state index contributed by atoms with van der Waals surface area (Å²) in [5.74, 6) is -2.83. The number of pyridine rings is 1. The minimum Gasteiger partial charge on any atom is -0.469 e. The summed E-state index contributed by atoms with van der Waals surface area (Å²) >= 11 is 0. The Hall–Kier alpha value is -3.66. The summed E-state index contributed by atoms with van der Waals surface area (Å²) in [6.45, 7) is 3.41. The lowest BCUT2D eigenvalue weighted by atomic mass is 9.95. The second-order valence-electron chi connectivity index (χ2n) is 12.9. The molecule has 3 aromatic rings. The van der Waals surface area contributed by atoms with Gasteiger partial charge in [-0.2, -0.15) is 23.1 Å². The van der Waals surface area contributed by atoms with Gasteiger partial charge in [0.15, 0.2) is 11.9 Å². The molecule has 0 bridgehead atoms. The molecule has 3 fully saturated rings. The maximum Gasteiger partial charge on any atom is 0.417 e. The number of nitrogens with one attached hydrogen (secondary N) is 1. The molecule has 5 atom stereocenters. The molecule has 0 saturated carbocycles. The molecule has 16 heteroatoms. The van der Waals surface area contributed by atoms with E-state index in [9.17, 15) is 26.3 Å². The molecule has 0 amide bonds. The van der Waals surface area contributed by atoms with Crippen molar-refractivity contribution in [1.29, 1.82) is 0 Å². The largest absolute Gasteiger partial charge is 0.469 e. The number of hydrogen-bond donors (Lipinski definition) is 2. The quantitative estimate of drug-likeness (QED) is 0.274. The van der Waals surface area contributed by atoms with Crippen molar-refractivity contribution in [3.8, 4) is 23.1 Å². The van der Waals surface area contributed by atoms with Crippen molar-refractivity contribution in [2.75, 3.05) is 50.1 Å². The van der Waals surface area contributed by atoms with Gasteiger partial charge < -0.3 is 25.4 Å². The lowest BCUT2D eigenvalue weighted by Crippen LogP contribution is -2.61. The number of nitrogen functional groups attached to an aromatic ring is 1. The van der Waals surface area contributed by atoms with E-state index in [-0.39, 0.29) is 55.3 Å². The highest BCUT2D eigenvalue weighted by Crippen LogP contribution is 2.47. The van der Waals surface area contributed by atoms with Crippen molar-refractivity contribution < 1.29 is 40.2 Å². The average Bonchev–Trinajstić information content (AvgIpc) is 3.52. The van der Waals surface area contributed by atoms with Crippen LogP contribution in [0.1, 0.15) is 43.7 Å². The summed E-state index contributed by atoms with van der Waals surface area (Å²) in [7, 11) is 0. The van der Waals surface area contributed by atoms with Gasteiger partial charge in [0.05, 0.1) is 22.8 Å². The number of fused-ring (bicyclic) bond motifs is 3. The Bertz CT molecular complexity index is 1730. The van der Waals surface area contributed by atoms with Gasteiger partial charge in [-0.25, -0.2) is 22.5 Å². The Labute approximate surface area is 265 Å². The van der Waals surface area contributed by atoms with Gasteiger partial charge in [-0.1, -0.05) is 6.92 Å². The van der Waals surface area contributed by atoms with Crippen molar-refractivity contribution in [1.82, 2.24) is 25.2 Å². The molecule has 6 heterocycles. The molecule has 0 aliphatic carbocycles. The number of hydrogen-bond acceptors (Lipinski definition) is 9. The van der Waals surface area contributed by atoms with E-state index >= 15 is 4.39 Å². The first-order valence-electron chi connectivity index (χ1n) is 15.7. The highest BCUT2D eigenvalue weighted by atomic mass is 19.4. The SMILES string of the molecule is CC[C@@H]1CN2c3nc(OC[C@@]45CCCN4C[C@H](F)C5)nc4c(F)c(-c5cc(N)c(F)c(C)c5C(F)(F)F)nc(c34)OC(CF)[C@@H]2CN1. The molecule has 0 radical (unpaired) electrons. The van der Waals surface area contributed by atoms with Gasteiger partial charge in [0.2, 0.25) is 5.88 Å². The number of aromatic nitrogens is 3. The van der Waals surface area contributed by atoms with Crippen LogP contribution in [0.5, 0.6) is 11.9 Å². The van der Waals surface area contributed by atoms with E-state index in [0.717, 1.165) is 13.3 Å². The first kappa shape index (κ1) is 31.9. The number of ether oxygens (including phenoxy) is 2. The summed E-state index contributed by atoms with van der Waals surface area (Å²) in [4.78, 5) is 16.9. The zero-order valence-corrected chi connectivity index (χ0v) is 25.7. The molecule has 3 saturated heterocycles. The van der Waals surface area contributed by atoms with E-state index in [0.29, 0.717) is 32.0 Å². The number of alkyl halides is 5. The summed E-state index contributed by atoms with van der Waals surface area (Å²) in [6, 6.07) is -0.328. The standard InChI is InChI=1S/C31H34F7N7O2/c1-3-16-12-45-19(10-40-16)20(9-32)47-28-21-26(24(35)25(41-28)17-7-18(39)23(34)14(2)22(17)31(36,37)38)42-29(43-27(21)45)46-13-30-5-4-6-44(30)11-15(33)8-30/h7,15-16,19-20,40H,3-6,8-13,39H2,1-2H3/t15-,16-,19+,20?,30+/m1/s1. The van der Waals surface area contributed by atoms with E-state index in [1.54, 1.807) is 4.90 Å². The molecule has 4 aliphatic heterocycles. The molecule has 1 aromatic carbocycles. The number of anilines is 2. The fraction of sp³-hybridized carbons (Fsp3) is 0.581. The van der Waals surface area contributed by atoms with Crippen molar-refractivity contribution in [2.24, 2.45) is 0 Å². The second kappa shape index (κ2) is 11.5. The molecular formula is C31H34F7N7O2. The number of halogens is 7. The van der Waals surface area contributed by atoms with Crippen LogP contribution in [0.3, 0.4) is 0 Å². The van der Waals surface area contributed by atoms with Crippen LogP contribution in [0.25, 0.3) is 22.2 Å². The van der Waals surface area contributed by atoms with Crippen LogP contribution < -0.4 is 25.4 Å². The lowest BCUT2D eigenvalue weighted by Gasteiger charge is -2.42. The smallest absolute Gasteiger partial charge is 0.417 e. The summed E-state index contributed by atoms with van der Waals surface area (Å²) < 4.78 is 116. The van der Waals surface area contributed by atoms with E-state index < -0.39 is 81.9 Å². The zero-order chi connectivity index (χ0) is 33.4. The number of benzene rings is 1. The molecule has 4 aliphatic rings. The fourth-order valence-corrected chi connectivity index (χ4v) is 7.70. The average molecular weight is 670 g/mol. The van der Waals surface area contributed by atoms with Gasteiger partial charge >= 0.3 is 12.2 Å². The summed E-state index contributed by atoms with van der Waals surface area (Å²) in [6.07, 6.45) is -4.85.